The number of ether oxygens (including phenoxy) is 2. The van der Waals surface area contributed by atoms with Gasteiger partial charge in [0.2, 0.25) is 0 Å². The zero-order valence-corrected chi connectivity index (χ0v) is 16.1. The Kier molecular flexibility index (Phi) is 7.86. The second kappa shape index (κ2) is 9.67. The Labute approximate surface area is 161 Å². The van der Waals surface area contributed by atoms with Gasteiger partial charge in [-0.3, -0.25) is 4.79 Å². The average molecular weight is 386 g/mol. The molecule has 3 rings (SSSR count). The maximum absolute atomic E-state index is 13.2. The van der Waals surface area contributed by atoms with Gasteiger partial charge >= 0.3 is 5.97 Å². The predicted octanol–water partition coefficient (Wildman–Crippen LogP) is 3.64. The van der Waals surface area contributed by atoms with E-state index in [4.69, 9.17) is 15.2 Å². The molecule has 0 bridgehead atoms. The first-order chi connectivity index (χ1) is 12.0. The predicted molar refractivity (Wildman–Crippen MR) is 101 cm³/mol. The van der Waals surface area contributed by atoms with Crippen LogP contribution in [0.4, 0.5) is 4.39 Å². The van der Waals surface area contributed by atoms with Gasteiger partial charge in [0.05, 0.1) is 6.10 Å². The fourth-order valence-electron chi connectivity index (χ4n) is 3.55. The Morgan fingerprint density at radius 1 is 1.19 bits per heavy atom. The highest BCUT2D eigenvalue weighted by Crippen LogP contribution is 2.32. The van der Waals surface area contributed by atoms with E-state index in [-0.39, 0.29) is 42.3 Å². The van der Waals surface area contributed by atoms with Gasteiger partial charge in [0, 0.05) is 6.61 Å². The van der Waals surface area contributed by atoms with E-state index in [1.54, 1.807) is 0 Å². The lowest BCUT2D eigenvalue weighted by atomic mass is 9.87. The van der Waals surface area contributed by atoms with Gasteiger partial charge in [-0.1, -0.05) is 18.6 Å². The van der Waals surface area contributed by atoms with Gasteiger partial charge in [-0.25, -0.2) is 4.39 Å². The van der Waals surface area contributed by atoms with E-state index in [9.17, 15) is 9.18 Å². The van der Waals surface area contributed by atoms with Crippen LogP contribution in [0.2, 0.25) is 0 Å². The maximum Gasteiger partial charge on any atom is 0.323 e. The van der Waals surface area contributed by atoms with Crippen molar-refractivity contribution in [1.29, 1.82) is 0 Å². The summed E-state index contributed by atoms with van der Waals surface area (Å²) in [6.07, 6.45) is 5.14. The van der Waals surface area contributed by atoms with Crippen molar-refractivity contribution in [3.63, 3.8) is 0 Å². The number of hydrogen-bond donors (Lipinski definition) is 1. The lowest BCUT2D eigenvalue weighted by molar-refractivity contribution is -0.160. The van der Waals surface area contributed by atoms with Gasteiger partial charge in [0.25, 0.3) is 0 Å². The highest BCUT2D eigenvalue weighted by atomic mass is 35.5. The van der Waals surface area contributed by atoms with Crippen LogP contribution in [0.5, 0.6) is 0 Å². The molecule has 0 radical (unpaired) electrons. The molecule has 2 fully saturated rings. The molecule has 2 N–H and O–H groups in total. The van der Waals surface area contributed by atoms with Crippen molar-refractivity contribution >= 4 is 18.4 Å². The Morgan fingerprint density at radius 2 is 1.88 bits per heavy atom. The average Bonchev–Trinajstić information content (AvgIpc) is 3.40. The number of halogens is 2. The van der Waals surface area contributed by atoms with Crippen molar-refractivity contribution in [3.8, 4) is 0 Å². The van der Waals surface area contributed by atoms with Crippen LogP contribution >= 0.6 is 12.4 Å². The number of carbonyl (C=O) groups is 1. The normalized spacial score (nSPS) is 29.7. The summed E-state index contributed by atoms with van der Waals surface area (Å²) in [7, 11) is 0. The fraction of sp³-hybridized carbons (Fsp3) is 0.650. The van der Waals surface area contributed by atoms with Gasteiger partial charge in [0.15, 0.2) is 0 Å². The van der Waals surface area contributed by atoms with Gasteiger partial charge in [-0.2, -0.15) is 0 Å². The lowest BCUT2D eigenvalue weighted by Gasteiger charge is -2.31. The summed E-state index contributed by atoms with van der Waals surface area (Å²) >= 11 is 0. The smallest absolute Gasteiger partial charge is 0.323 e. The summed E-state index contributed by atoms with van der Waals surface area (Å²) in [6, 6.07) is 6.06. The van der Waals surface area contributed by atoms with Crippen molar-refractivity contribution in [1.82, 2.24) is 0 Å². The van der Waals surface area contributed by atoms with Crippen molar-refractivity contribution in [2.45, 2.75) is 63.7 Å². The Balaban J connectivity index is 0.00000243. The number of nitrogens with two attached hydrogens (primary N) is 1. The lowest BCUT2D eigenvalue weighted by Crippen LogP contribution is -2.41. The highest BCUT2D eigenvalue weighted by Gasteiger charge is 2.35. The first-order valence-corrected chi connectivity index (χ1v) is 9.35. The van der Waals surface area contributed by atoms with E-state index in [0.717, 1.165) is 31.4 Å². The van der Waals surface area contributed by atoms with Crippen LogP contribution in [0.1, 0.15) is 44.6 Å². The van der Waals surface area contributed by atoms with Crippen LogP contribution in [0.25, 0.3) is 0 Å². The molecule has 4 atom stereocenters. The summed E-state index contributed by atoms with van der Waals surface area (Å²) in [4.78, 5) is 12.1. The quantitative estimate of drug-likeness (QED) is 0.786. The van der Waals surface area contributed by atoms with E-state index in [0.29, 0.717) is 12.3 Å². The minimum absolute atomic E-state index is 0. The number of cyclic esters (lactones) is 1. The molecule has 26 heavy (non-hydrogen) atoms. The second-order valence-electron chi connectivity index (χ2n) is 7.51. The number of benzene rings is 1. The molecule has 1 aliphatic carbocycles. The Morgan fingerprint density at radius 3 is 2.54 bits per heavy atom. The summed E-state index contributed by atoms with van der Waals surface area (Å²) in [6.45, 7) is 2.61. The van der Waals surface area contributed by atoms with Gasteiger partial charge in [0.1, 0.15) is 18.0 Å². The molecule has 1 aliphatic heterocycles. The number of esters is 1. The zero-order chi connectivity index (χ0) is 17.8. The minimum Gasteiger partial charge on any atom is -0.459 e. The van der Waals surface area contributed by atoms with Crippen LogP contribution in [0.3, 0.4) is 0 Å². The van der Waals surface area contributed by atoms with Crippen molar-refractivity contribution in [2.75, 3.05) is 6.61 Å². The zero-order valence-electron chi connectivity index (χ0n) is 15.2. The minimum atomic E-state index is -0.559. The fourth-order valence-corrected chi connectivity index (χ4v) is 3.55. The molecule has 0 aromatic heterocycles. The molecular weight excluding hydrogens is 357 g/mol. The second-order valence-corrected chi connectivity index (χ2v) is 7.51. The van der Waals surface area contributed by atoms with Crippen LogP contribution < -0.4 is 5.73 Å². The first kappa shape index (κ1) is 21.1. The van der Waals surface area contributed by atoms with Gasteiger partial charge in [-0.15, -0.1) is 12.4 Å². The Hall–Kier alpha value is -1.17. The molecule has 0 amide bonds. The molecule has 4 nitrogen and oxygen atoms in total. The highest BCUT2D eigenvalue weighted by molar-refractivity contribution is 5.85. The first-order valence-electron chi connectivity index (χ1n) is 9.35. The van der Waals surface area contributed by atoms with E-state index < -0.39 is 6.04 Å². The number of carbonyl (C=O) groups excluding carboxylic acids is 1. The molecule has 1 aromatic rings. The molecule has 1 saturated carbocycles. The van der Waals surface area contributed by atoms with Crippen LogP contribution in [0.15, 0.2) is 24.3 Å². The molecule has 1 saturated heterocycles. The number of hydrogen-bond acceptors (Lipinski definition) is 4. The van der Waals surface area contributed by atoms with Crippen LogP contribution in [-0.2, 0) is 20.7 Å². The van der Waals surface area contributed by atoms with Gasteiger partial charge in [-0.05, 0) is 68.6 Å². The third kappa shape index (κ3) is 5.93. The molecule has 1 heterocycles. The van der Waals surface area contributed by atoms with Crippen molar-refractivity contribution in [2.24, 2.45) is 17.6 Å². The van der Waals surface area contributed by atoms with Crippen LogP contribution in [-0.4, -0.2) is 30.8 Å². The van der Waals surface area contributed by atoms with Gasteiger partial charge < -0.3 is 15.2 Å². The molecule has 146 valence electrons. The number of rotatable bonds is 5. The summed E-state index contributed by atoms with van der Waals surface area (Å²) in [5.41, 5.74) is 6.99. The van der Waals surface area contributed by atoms with E-state index >= 15 is 0 Å². The molecule has 1 aromatic carbocycles. The van der Waals surface area contributed by atoms with E-state index in [1.807, 2.05) is 19.1 Å². The third-order valence-corrected chi connectivity index (χ3v) is 5.25. The molecular formula is C20H29ClFNO3. The Bertz CT molecular complexity index is 579. The topological polar surface area (TPSA) is 61.5 Å². The monoisotopic (exact) mass is 385 g/mol. The van der Waals surface area contributed by atoms with E-state index in [1.165, 1.54) is 25.0 Å². The summed E-state index contributed by atoms with van der Waals surface area (Å²) in [5, 5.41) is 0. The summed E-state index contributed by atoms with van der Waals surface area (Å²) < 4.78 is 25.0. The molecule has 2 aliphatic rings. The standard InChI is InChI=1S/C20H28FNO3.ClH/c1-13-19(24-12-15-5-6-15)16(3-2-4-18(22)20(23)25-13)11-14-7-9-17(21)10-8-14;/h7-10,13,15-16,18-19H,2-6,11-12,22H2,1H3;1H/t13-,16+,18-,19-;/m0./s1. The molecule has 0 spiro atoms. The van der Waals surface area contributed by atoms with Crippen molar-refractivity contribution in [3.05, 3.63) is 35.6 Å². The molecule has 6 heteroatoms. The van der Waals surface area contributed by atoms with Crippen LogP contribution in [0, 0.1) is 17.7 Å². The third-order valence-electron chi connectivity index (χ3n) is 5.25. The largest absolute Gasteiger partial charge is 0.459 e. The maximum atomic E-state index is 13.2. The SMILES string of the molecule is C[C@@H]1OC(=O)[C@@H](N)CCC[C@H](Cc2ccc(F)cc2)[C@H]1OCC1CC1.Cl. The molecule has 0 unspecified atom stereocenters. The summed E-state index contributed by atoms with van der Waals surface area (Å²) in [5.74, 6) is 0.296. The van der Waals surface area contributed by atoms with E-state index in [2.05, 4.69) is 0 Å². The van der Waals surface area contributed by atoms with Crippen molar-refractivity contribution < 1.29 is 18.7 Å².